The molecular formula is C8H14N2O. The zero-order valence-electron chi connectivity index (χ0n) is 6.62. The predicted octanol–water partition coefficient (Wildman–Crippen LogP) is -0.173. The standard InChI is InChI=1S/C8H14N2O/c11-6-10-4-7-2-1-3-9-8(7)5-10/h6-9H,1-5H2/t7-,8+/m0/s1. The molecule has 0 radical (unpaired) electrons. The van der Waals surface area contributed by atoms with Crippen molar-refractivity contribution in [2.75, 3.05) is 19.6 Å². The van der Waals surface area contributed by atoms with Gasteiger partial charge in [0.15, 0.2) is 0 Å². The number of piperidine rings is 1. The first-order valence-electron chi connectivity index (χ1n) is 4.33. The van der Waals surface area contributed by atoms with Gasteiger partial charge in [-0.25, -0.2) is 0 Å². The Balaban J connectivity index is 1.97. The quantitative estimate of drug-likeness (QED) is 0.532. The summed E-state index contributed by atoms with van der Waals surface area (Å²) in [7, 11) is 0. The molecule has 0 aromatic carbocycles. The minimum atomic E-state index is 0.592. The van der Waals surface area contributed by atoms with Crippen molar-refractivity contribution in [3.8, 4) is 0 Å². The Labute approximate surface area is 66.8 Å². The summed E-state index contributed by atoms with van der Waals surface area (Å²) < 4.78 is 0. The molecule has 2 atom stereocenters. The average Bonchev–Trinajstić information content (AvgIpc) is 2.46. The monoisotopic (exact) mass is 154 g/mol. The zero-order valence-corrected chi connectivity index (χ0v) is 6.62. The van der Waals surface area contributed by atoms with Gasteiger partial charge in [-0.1, -0.05) is 0 Å². The number of fused-ring (bicyclic) bond motifs is 1. The molecular weight excluding hydrogens is 140 g/mol. The minimum Gasteiger partial charge on any atom is -0.343 e. The van der Waals surface area contributed by atoms with Crippen LogP contribution in [0.15, 0.2) is 0 Å². The summed E-state index contributed by atoms with van der Waals surface area (Å²) >= 11 is 0. The fourth-order valence-electron chi connectivity index (χ4n) is 2.17. The fraction of sp³-hybridized carbons (Fsp3) is 0.875. The number of rotatable bonds is 1. The molecule has 0 aromatic rings. The van der Waals surface area contributed by atoms with Crippen molar-refractivity contribution in [1.82, 2.24) is 10.2 Å². The van der Waals surface area contributed by atoms with Gasteiger partial charge in [0, 0.05) is 19.1 Å². The van der Waals surface area contributed by atoms with E-state index >= 15 is 0 Å². The largest absolute Gasteiger partial charge is 0.343 e. The second-order valence-corrected chi connectivity index (χ2v) is 3.52. The molecule has 11 heavy (non-hydrogen) atoms. The van der Waals surface area contributed by atoms with Crippen molar-refractivity contribution >= 4 is 6.41 Å². The molecule has 2 aliphatic heterocycles. The minimum absolute atomic E-state index is 0.592. The van der Waals surface area contributed by atoms with Gasteiger partial charge in [0.2, 0.25) is 6.41 Å². The highest BCUT2D eigenvalue weighted by Crippen LogP contribution is 2.23. The molecule has 1 amide bonds. The molecule has 0 bridgehead atoms. The molecule has 2 heterocycles. The van der Waals surface area contributed by atoms with Crippen LogP contribution in [-0.2, 0) is 4.79 Å². The average molecular weight is 154 g/mol. The van der Waals surface area contributed by atoms with Gasteiger partial charge >= 0.3 is 0 Å². The Bertz CT molecular complexity index is 146. The maximum absolute atomic E-state index is 10.4. The van der Waals surface area contributed by atoms with E-state index in [1.807, 2.05) is 4.90 Å². The van der Waals surface area contributed by atoms with Crippen molar-refractivity contribution in [3.05, 3.63) is 0 Å². The van der Waals surface area contributed by atoms with E-state index in [2.05, 4.69) is 5.32 Å². The molecule has 3 heteroatoms. The van der Waals surface area contributed by atoms with Gasteiger partial charge in [-0.15, -0.1) is 0 Å². The molecule has 0 aromatic heterocycles. The second kappa shape index (κ2) is 2.81. The molecule has 62 valence electrons. The van der Waals surface area contributed by atoms with Gasteiger partial charge in [0.25, 0.3) is 0 Å². The Hall–Kier alpha value is -0.570. The smallest absolute Gasteiger partial charge is 0.209 e. The SMILES string of the molecule is O=CN1C[C@@H]2CCCN[C@@H]2C1. The summed E-state index contributed by atoms with van der Waals surface area (Å²) in [6, 6.07) is 0.592. The number of nitrogens with one attached hydrogen (secondary N) is 1. The summed E-state index contributed by atoms with van der Waals surface area (Å²) in [5.41, 5.74) is 0. The zero-order chi connectivity index (χ0) is 7.68. The van der Waals surface area contributed by atoms with Crippen LogP contribution in [0.3, 0.4) is 0 Å². The molecule has 2 saturated heterocycles. The van der Waals surface area contributed by atoms with Crippen LogP contribution in [0.5, 0.6) is 0 Å². The van der Waals surface area contributed by atoms with Gasteiger partial charge in [-0.05, 0) is 25.3 Å². The van der Waals surface area contributed by atoms with Crippen molar-refractivity contribution in [1.29, 1.82) is 0 Å². The number of hydrogen-bond donors (Lipinski definition) is 1. The fourth-order valence-corrected chi connectivity index (χ4v) is 2.17. The first-order valence-corrected chi connectivity index (χ1v) is 4.33. The normalized spacial score (nSPS) is 36.9. The van der Waals surface area contributed by atoms with Crippen molar-refractivity contribution in [2.24, 2.45) is 5.92 Å². The molecule has 0 saturated carbocycles. The number of nitrogens with zero attached hydrogens (tertiary/aromatic N) is 1. The van der Waals surface area contributed by atoms with E-state index in [-0.39, 0.29) is 0 Å². The summed E-state index contributed by atoms with van der Waals surface area (Å²) in [6.07, 6.45) is 3.54. The Morgan fingerprint density at radius 2 is 2.36 bits per heavy atom. The van der Waals surface area contributed by atoms with E-state index in [1.165, 1.54) is 12.8 Å². The van der Waals surface area contributed by atoms with E-state index in [0.717, 1.165) is 32.0 Å². The van der Waals surface area contributed by atoms with Crippen molar-refractivity contribution in [3.63, 3.8) is 0 Å². The number of carbonyl (C=O) groups excluding carboxylic acids is 1. The molecule has 0 spiro atoms. The van der Waals surface area contributed by atoms with Gasteiger partial charge in [-0.3, -0.25) is 4.79 Å². The molecule has 2 rings (SSSR count). The van der Waals surface area contributed by atoms with Crippen LogP contribution >= 0.6 is 0 Å². The first kappa shape index (κ1) is 7.10. The van der Waals surface area contributed by atoms with Crippen LogP contribution in [0.2, 0.25) is 0 Å². The summed E-state index contributed by atoms with van der Waals surface area (Å²) in [5.74, 6) is 0.731. The number of likely N-dealkylation sites (tertiary alicyclic amines) is 1. The highest BCUT2D eigenvalue weighted by atomic mass is 16.1. The van der Waals surface area contributed by atoms with Crippen LogP contribution in [0.4, 0.5) is 0 Å². The lowest BCUT2D eigenvalue weighted by Crippen LogP contribution is -2.40. The van der Waals surface area contributed by atoms with Crippen LogP contribution in [-0.4, -0.2) is 37.0 Å². The van der Waals surface area contributed by atoms with E-state index in [9.17, 15) is 4.79 Å². The van der Waals surface area contributed by atoms with Crippen LogP contribution in [0.1, 0.15) is 12.8 Å². The lowest BCUT2D eigenvalue weighted by Gasteiger charge is -2.24. The number of carbonyl (C=O) groups is 1. The van der Waals surface area contributed by atoms with Crippen molar-refractivity contribution in [2.45, 2.75) is 18.9 Å². The molecule has 0 aliphatic carbocycles. The summed E-state index contributed by atoms with van der Waals surface area (Å²) in [6.45, 7) is 3.03. The van der Waals surface area contributed by atoms with Gasteiger partial charge < -0.3 is 10.2 Å². The van der Waals surface area contributed by atoms with Crippen LogP contribution in [0, 0.1) is 5.92 Å². The molecule has 3 nitrogen and oxygen atoms in total. The Morgan fingerprint density at radius 3 is 3.09 bits per heavy atom. The van der Waals surface area contributed by atoms with Crippen molar-refractivity contribution < 1.29 is 4.79 Å². The summed E-state index contributed by atoms with van der Waals surface area (Å²) in [4.78, 5) is 12.3. The lowest BCUT2D eigenvalue weighted by molar-refractivity contribution is -0.117. The maximum atomic E-state index is 10.4. The topological polar surface area (TPSA) is 32.3 Å². The summed E-state index contributed by atoms with van der Waals surface area (Å²) in [5, 5.41) is 3.44. The Morgan fingerprint density at radius 1 is 1.45 bits per heavy atom. The van der Waals surface area contributed by atoms with E-state index in [0.29, 0.717) is 6.04 Å². The third kappa shape index (κ3) is 1.25. The molecule has 1 N–H and O–H groups in total. The van der Waals surface area contributed by atoms with Crippen LogP contribution < -0.4 is 5.32 Å². The third-order valence-corrected chi connectivity index (χ3v) is 2.78. The Kier molecular flexibility index (Phi) is 1.82. The maximum Gasteiger partial charge on any atom is 0.209 e. The number of amides is 1. The van der Waals surface area contributed by atoms with E-state index in [1.54, 1.807) is 0 Å². The van der Waals surface area contributed by atoms with E-state index in [4.69, 9.17) is 0 Å². The van der Waals surface area contributed by atoms with Gasteiger partial charge in [-0.2, -0.15) is 0 Å². The van der Waals surface area contributed by atoms with Gasteiger partial charge in [0.05, 0.1) is 0 Å². The number of hydrogen-bond acceptors (Lipinski definition) is 2. The second-order valence-electron chi connectivity index (χ2n) is 3.52. The molecule has 2 fully saturated rings. The highest BCUT2D eigenvalue weighted by Gasteiger charge is 2.33. The molecule has 0 unspecified atom stereocenters. The first-order chi connectivity index (χ1) is 5.40. The molecule has 2 aliphatic rings. The lowest BCUT2D eigenvalue weighted by atomic mass is 9.94. The van der Waals surface area contributed by atoms with Gasteiger partial charge in [0.1, 0.15) is 0 Å². The highest BCUT2D eigenvalue weighted by molar-refractivity contribution is 5.48. The van der Waals surface area contributed by atoms with E-state index < -0.39 is 0 Å². The van der Waals surface area contributed by atoms with Crippen LogP contribution in [0.25, 0.3) is 0 Å². The predicted molar refractivity (Wildman–Crippen MR) is 42.2 cm³/mol. The third-order valence-electron chi connectivity index (χ3n) is 2.78.